The van der Waals surface area contributed by atoms with Gasteiger partial charge in [0.25, 0.3) is 0 Å². The van der Waals surface area contributed by atoms with E-state index in [4.69, 9.17) is 0 Å². The van der Waals surface area contributed by atoms with Crippen molar-refractivity contribution < 1.29 is 0 Å². The molecule has 13 heavy (non-hydrogen) atoms. The average Bonchev–Trinajstić information content (AvgIpc) is 2.62. The van der Waals surface area contributed by atoms with Crippen LogP contribution in [0, 0.1) is 0 Å². The van der Waals surface area contributed by atoms with Gasteiger partial charge in [-0.1, -0.05) is 26.0 Å². The quantitative estimate of drug-likeness (QED) is 0.624. The van der Waals surface area contributed by atoms with Crippen LogP contribution in [0.4, 0.5) is 0 Å². The molecule has 0 radical (unpaired) electrons. The third-order valence-electron chi connectivity index (χ3n) is 2.24. The van der Waals surface area contributed by atoms with Crippen LogP contribution in [0.15, 0.2) is 24.3 Å². The van der Waals surface area contributed by atoms with Crippen molar-refractivity contribution in [2.45, 2.75) is 39.5 Å². The van der Waals surface area contributed by atoms with E-state index in [1.807, 2.05) is 11.3 Å². The number of allylic oxidation sites excluding steroid dienone is 2. The van der Waals surface area contributed by atoms with E-state index in [1.165, 1.54) is 22.6 Å². The Labute approximate surface area is 85.3 Å². The van der Waals surface area contributed by atoms with Crippen molar-refractivity contribution in [2.24, 2.45) is 0 Å². The Balaban J connectivity index is 2.60. The summed E-state index contributed by atoms with van der Waals surface area (Å²) in [4.78, 5) is 3.03. The van der Waals surface area contributed by atoms with Crippen LogP contribution in [0.5, 0.6) is 0 Å². The van der Waals surface area contributed by atoms with Gasteiger partial charge in [-0.2, -0.15) is 0 Å². The van der Waals surface area contributed by atoms with E-state index < -0.39 is 0 Å². The fourth-order valence-corrected chi connectivity index (χ4v) is 2.32. The van der Waals surface area contributed by atoms with Gasteiger partial charge in [0.2, 0.25) is 0 Å². The van der Waals surface area contributed by atoms with E-state index in [0.717, 1.165) is 0 Å². The molecule has 0 aromatic carbocycles. The van der Waals surface area contributed by atoms with Crippen molar-refractivity contribution in [3.63, 3.8) is 0 Å². The lowest BCUT2D eigenvalue weighted by atomic mass is 10.1. The summed E-state index contributed by atoms with van der Waals surface area (Å²) in [5, 5.41) is 0. The molecule has 1 aromatic heterocycles. The predicted octanol–water partition coefficient (Wildman–Crippen LogP) is 4.38. The zero-order chi connectivity index (χ0) is 9.68. The lowest BCUT2D eigenvalue weighted by molar-refractivity contribution is 0.797. The molecule has 72 valence electrons. The van der Waals surface area contributed by atoms with Crippen LogP contribution in [-0.2, 0) is 6.42 Å². The second-order valence-corrected chi connectivity index (χ2v) is 4.56. The molecule has 1 aromatic rings. The maximum atomic E-state index is 2.30. The van der Waals surface area contributed by atoms with Gasteiger partial charge >= 0.3 is 0 Å². The maximum Gasteiger partial charge on any atom is 0.00794 e. The van der Waals surface area contributed by atoms with Crippen molar-refractivity contribution in [2.75, 3.05) is 0 Å². The Morgan fingerprint density at radius 3 is 2.77 bits per heavy atom. The van der Waals surface area contributed by atoms with Crippen molar-refractivity contribution in [3.8, 4) is 0 Å². The Kier molecular flexibility index (Phi) is 4.23. The third kappa shape index (κ3) is 3.00. The Hall–Kier alpha value is -0.560. The number of aryl methyl sites for hydroxylation is 1. The molecule has 1 rings (SSSR count). The number of rotatable bonds is 4. The van der Waals surface area contributed by atoms with Gasteiger partial charge in [-0.3, -0.25) is 0 Å². The first-order chi connectivity index (χ1) is 6.27. The van der Waals surface area contributed by atoms with Gasteiger partial charge in [0.05, 0.1) is 0 Å². The summed E-state index contributed by atoms with van der Waals surface area (Å²) in [6.45, 7) is 6.59. The summed E-state index contributed by atoms with van der Waals surface area (Å²) in [5.74, 6) is 0.682. The zero-order valence-corrected chi connectivity index (χ0v) is 9.53. The molecule has 0 bridgehead atoms. The molecule has 1 heteroatoms. The van der Waals surface area contributed by atoms with Crippen LogP contribution >= 0.6 is 11.3 Å². The van der Waals surface area contributed by atoms with Gasteiger partial charge in [-0.05, 0) is 37.8 Å². The molecule has 0 aliphatic rings. The molecule has 0 aliphatic carbocycles. The number of hydrogen-bond acceptors (Lipinski definition) is 1. The highest BCUT2D eigenvalue weighted by Gasteiger charge is 2.05. The van der Waals surface area contributed by atoms with Crippen LogP contribution in [0.1, 0.15) is 42.9 Å². The molecule has 0 saturated heterocycles. The number of hydrogen-bond donors (Lipinski definition) is 0. The fraction of sp³-hybridized carbons (Fsp3) is 0.500. The van der Waals surface area contributed by atoms with E-state index in [0.29, 0.717) is 5.92 Å². The summed E-state index contributed by atoms with van der Waals surface area (Å²) >= 11 is 1.96. The summed E-state index contributed by atoms with van der Waals surface area (Å²) in [5.41, 5.74) is 0. The van der Waals surface area contributed by atoms with Crippen LogP contribution in [0.25, 0.3) is 0 Å². The van der Waals surface area contributed by atoms with Crippen molar-refractivity contribution >= 4 is 11.3 Å². The first-order valence-corrected chi connectivity index (χ1v) is 5.79. The molecule has 1 atom stereocenters. The average molecular weight is 194 g/mol. The van der Waals surface area contributed by atoms with Gasteiger partial charge in [0.15, 0.2) is 0 Å². The molecular formula is C12H18S. The Bertz CT molecular complexity index is 270. The van der Waals surface area contributed by atoms with E-state index in [-0.39, 0.29) is 0 Å². The SMILES string of the molecule is C/C=C\CC(C)c1ccc(CC)s1. The highest BCUT2D eigenvalue weighted by Crippen LogP contribution is 2.27. The summed E-state index contributed by atoms with van der Waals surface area (Å²) in [6, 6.07) is 4.53. The molecule has 0 N–H and O–H groups in total. The van der Waals surface area contributed by atoms with Crippen molar-refractivity contribution in [1.82, 2.24) is 0 Å². The first-order valence-electron chi connectivity index (χ1n) is 4.97. The lowest BCUT2D eigenvalue weighted by Gasteiger charge is -2.04. The van der Waals surface area contributed by atoms with Crippen LogP contribution < -0.4 is 0 Å². The lowest BCUT2D eigenvalue weighted by Crippen LogP contribution is -1.86. The molecule has 0 nitrogen and oxygen atoms in total. The molecule has 0 spiro atoms. The molecule has 0 amide bonds. The van der Waals surface area contributed by atoms with Gasteiger partial charge in [-0.25, -0.2) is 0 Å². The Morgan fingerprint density at radius 1 is 1.46 bits per heavy atom. The molecule has 0 fully saturated rings. The largest absolute Gasteiger partial charge is 0.145 e. The Morgan fingerprint density at radius 2 is 2.23 bits per heavy atom. The monoisotopic (exact) mass is 194 g/mol. The van der Waals surface area contributed by atoms with Crippen molar-refractivity contribution in [3.05, 3.63) is 34.0 Å². The topological polar surface area (TPSA) is 0 Å². The van der Waals surface area contributed by atoms with Crippen molar-refractivity contribution in [1.29, 1.82) is 0 Å². The minimum absolute atomic E-state index is 0.682. The molecule has 1 heterocycles. The first kappa shape index (κ1) is 10.5. The third-order valence-corrected chi connectivity index (χ3v) is 3.70. The minimum atomic E-state index is 0.682. The van der Waals surface area contributed by atoms with E-state index in [9.17, 15) is 0 Å². The highest BCUT2D eigenvalue weighted by atomic mass is 32.1. The van der Waals surface area contributed by atoms with Crippen LogP contribution in [-0.4, -0.2) is 0 Å². The smallest absolute Gasteiger partial charge is 0.00794 e. The minimum Gasteiger partial charge on any atom is -0.145 e. The predicted molar refractivity (Wildman–Crippen MR) is 61.5 cm³/mol. The molecule has 0 aliphatic heterocycles. The number of thiophene rings is 1. The summed E-state index contributed by atoms with van der Waals surface area (Å²) < 4.78 is 0. The maximum absolute atomic E-state index is 2.30. The van der Waals surface area contributed by atoms with E-state index >= 15 is 0 Å². The standard InChI is InChI=1S/C12H18S/c1-4-6-7-10(3)12-9-8-11(5-2)13-12/h4,6,8-10H,5,7H2,1-3H3/b6-4-. The second kappa shape index (κ2) is 5.23. The second-order valence-electron chi connectivity index (χ2n) is 3.36. The van der Waals surface area contributed by atoms with Gasteiger partial charge < -0.3 is 0 Å². The zero-order valence-electron chi connectivity index (χ0n) is 8.71. The van der Waals surface area contributed by atoms with E-state index in [2.05, 4.69) is 45.1 Å². The van der Waals surface area contributed by atoms with Crippen LogP contribution in [0.3, 0.4) is 0 Å². The van der Waals surface area contributed by atoms with Gasteiger partial charge in [0.1, 0.15) is 0 Å². The normalized spacial score (nSPS) is 13.8. The van der Waals surface area contributed by atoms with Gasteiger partial charge in [-0.15, -0.1) is 11.3 Å². The van der Waals surface area contributed by atoms with Crippen LogP contribution in [0.2, 0.25) is 0 Å². The molecule has 1 unspecified atom stereocenters. The highest BCUT2D eigenvalue weighted by molar-refractivity contribution is 7.12. The molecule has 0 saturated carbocycles. The summed E-state index contributed by atoms with van der Waals surface area (Å²) in [7, 11) is 0. The van der Waals surface area contributed by atoms with Gasteiger partial charge in [0, 0.05) is 9.75 Å². The fourth-order valence-electron chi connectivity index (χ4n) is 1.31. The molecular weight excluding hydrogens is 176 g/mol. The van der Waals surface area contributed by atoms with E-state index in [1.54, 1.807) is 0 Å². The summed E-state index contributed by atoms with van der Waals surface area (Å²) in [6.07, 6.45) is 6.71.